The third kappa shape index (κ3) is 7.83. The SMILES string of the molecule is CC(C)C[C@H](NC(=O)CNC(=O)c1cc(Br)ccc1Br)B1OCCNCCO1. The Labute approximate surface area is 183 Å². The maximum absolute atomic E-state index is 12.4. The molecule has 2 rings (SSSR count). The third-order valence-corrected chi connectivity index (χ3v) is 5.29. The first-order chi connectivity index (χ1) is 13.4. The van der Waals surface area contributed by atoms with Gasteiger partial charge in [-0.05, 0) is 46.5 Å². The van der Waals surface area contributed by atoms with E-state index >= 15 is 0 Å². The minimum absolute atomic E-state index is 0.124. The second kappa shape index (κ2) is 11.9. The Balaban J connectivity index is 1.93. The summed E-state index contributed by atoms with van der Waals surface area (Å²) in [6, 6.07) is 5.30. The molecule has 1 saturated heterocycles. The van der Waals surface area contributed by atoms with Crippen LogP contribution in [-0.2, 0) is 14.1 Å². The maximum Gasteiger partial charge on any atom is 0.480 e. The molecule has 3 N–H and O–H groups in total. The van der Waals surface area contributed by atoms with E-state index in [9.17, 15) is 9.59 Å². The fourth-order valence-corrected chi connectivity index (χ4v) is 3.62. The smallest absolute Gasteiger partial charge is 0.408 e. The summed E-state index contributed by atoms with van der Waals surface area (Å²) in [6.45, 7) is 6.57. The van der Waals surface area contributed by atoms with Crippen molar-refractivity contribution in [3.63, 3.8) is 0 Å². The van der Waals surface area contributed by atoms with Gasteiger partial charge in [0, 0.05) is 35.2 Å². The van der Waals surface area contributed by atoms with E-state index in [2.05, 4.69) is 61.7 Å². The van der Waals surface area contributed by atoms with Gasteiger partial charge >= 0.3 is 7.12 Å². The van der Waals surface area contributed by atoms with Gasteiger partial charge in [-0.25, -0.2) is 0 Å². The van der Waals surface area contributed by atoms with Crippen molar-refractivity contribution in [3.05, 3.63) is 32.7 Å². The zero-order valence-electron chi connectivity index (χ0n) is 16.1. The predicted octanol–water partition coefficient (Wildman–Crippen LogP) is 2.14. The molecule has 28 heavy (non-hydrogen) atoms. The van der Waals surface area contributed by atoms with Crippen LogP contribution < -0.4 is 16.0 Å². The van der Waals surface area contributed by atoms with Crippen LogP contribution in [0.25, 0.3) is 0 Å². The second-order valence-electron chi connectivity index (χ2n) is 6.97. The molecule has 1 aliphatic rings. The van der Waals surface area contributed by atoms with Gasteiger partial charge in [0.15, 0.2) is 0 Å². The molecule has 1 heterocycles. The van der Waals surface area contributed by atoms with Crippen molar-refractivity contribution in [1.29, 1.82) is 0 Å². The van der Waals surface area contributed by atoms with Crippen molar-refractivity contribution in [2.24, 2.45) is 5.92 Å². The van der Waals surface area contributed by atoms with Gasteiger partial charge in [-0.3, -0.25) is 9.59 Å². The van der Waals surface area contributed by atoms with Crippen LogP contribution in [0.4, 0.5) is 0 Å². The maximum atomic E-state index is 12.4. The zero-order chi connectivity index (χ0) is 20.5. The van der Waals surface area contributed by atoms with Crippen LogP contribution in [-0.4, -0.2) is 57.7 Å². The Morgan fingerprint density at radius 1 is 1.21 bits per heavy atom. The predicted molar refractivity (Wildman–Crippen MR) is 116 cm³/mol. The minimum Gasteiger partial charge on any atom is -0.408 e. The largest absolute Gasteiger partial charge is 0.480 e. The topological polar surface area (TPSA) is 88.7 Å². The fraction of sp³-hybridized carbons (Fsp3) is 0.556. The third-order valence-electron chi connectivity index (χ3n) is 4.10. The van der Waals surface area contributed by atoms with Crippen LogP contribution in [0.5, 0.6) is 0 Å². The number of amides is 2. The highest BCUT2D eigenvalue weighted by Crippen LogP contribution is 2.21. The number of hydrogen-bond acceptors (Lipinski definition) is 5. The van der Waals surface area contributed by atoms with Crippen LogP contribution in [0, 0.1) is 5.92 Å². The molecule has 1 aromatic carbocycles. The Hall–Kier alpha value is -0.935. The summed E-state index contributed by atoms with van der Waals surface area (Å²) in [5.74, 6) is -0.529. The lowest BCUT2D eigenvalue weighted by Crippen LogP contribution is -2.53. The molecule has 154 valence electrons. The highest BCUT2D eigenvalue weighted by Gasteiger charge is 2.33. The number of nitrogens with one attached hydrogen (secondary N) is 3. The van der Waals surface area contributed by atoms with Gasteiger partial charge in [0.1, 0.15) is 0 Å². The van der Waals surface area contributed by atoms with Crippen molar-refractivity contribution in [2.75, 3.05) is 32.8 Å². The summed E-state index contributed by atoms with van der Waals surface area (Å²) in [6.07, 6.45) is 0.717. The molecule has 1 fully saturated rings. The summed E-state index contributed by atoms with van der Waals surface area (Å²) in [5, 5.41) is 8.80. The van der Waals surface area contributed by atoms with Gasteiger partial charge in [0.05, 0.1) is 18.0 Å². The van der Waals surface area contributed by atoms with E-state index in [-0.39, 0.29) is 24.3 Å². The molecule has 1 aliphatic heterocycles. The van der Waals surface area contributed by atoms with Gasteiger partial charge in [-0.2, -0.15) is 0 Å². The molecule has 0 spiro atoms. The fourth-order valence-electron chi connectivity index (χ4n) is 2.83. The minimum atomic E-state index is -0.497. The van der Waals surface area contributed by atoms with Crippen LogP contribution in [0.15, 0.2) is 27.1 Å². The summed E-state index contributed by atoms with van der Waals surface area (Å²) < 4.78 is 13.0. The first-order valence-corrected chi connectivity index (χ1v) is 10.9. The van der Waals surface area contributed by atoms with Crippen molar-refractivity contribution >= 4 is 50.8 Å². The van der Waals surface area contributed by atoms with Gasteiger partial charge in [-0.15, -0.1) is 0 Å². The lowest BCUT2D eigenvalue weighted by Gasteiger charge is -2.27. The van der Waals surface area contributed by atoms with E-state index in [4.69, 9.17) is 9.31 Å². The van der Waals surface area contributed by atoms with Crippen molar-refractivity contribution in [1.82, 2.24) is 16.0 Å². The second-order valence-corrected chi connectivity index (χ2v) is 8.74. The first kappa shape index (κ1) is 23.3. The number of benzene rings is 1. The molecular weight excluding hydrogens is 493 g/mol. The molecule has 0 aliphatic carbocycles. The highest BCUT2D eigenvalue weighted by atomic mass is 79.9. The lowest BCUT2D eigenvalue weighted by molar-refractivity contribution is -0.120. The molecule has 0 saturated carbocycles. The van der Waals surface area contributed by atoms with E-state index in [1.165, 1.54) is 0 Å². The molecular formula is C18H26BBr2N3O4. The van der Waals surface area contributed by atoms with E-state index in [0.29, 0.717) is 29.2 Å². The van der Waals surface area contributed by atoms with E-state index < -0.39 is 7.12 Å². The molecule has 10 heteroatoms. The van der Waals surface area contributed by atoms with Crippen molar-refractivity contribution < 1.29 is 18.9 Å². The molecule has 0 bridgehead atoms. The normalized spacial score (nSPS) is 16.2. The quantitative estimate of drug-likeness (QED) is 0.481. The van der Waals surface area contributed by atoms with Gasteiger partial charge in [-0.1, -0.05) is 29.8 Å². The Kier molecular flexibility index (Phi) is 9.94. The Morgan fingerprint density at radius 3 is 2.54 bits per heavy atom. The van der Waals surface area contributed by atoms with Gasteiger partial charge in [0.25, 0.3) is 5.91 Å². The Bertz CT molecular complexity index is 670. The monoisotopic (exact) mass is 517 g/mol. The number of halogens is 2. The summed E-state index contributed by atoms with van der Waals surface area (Å²) in [5.41, 5.74) is 0.458. The molecule has 7 nitrogen and oxygen atoms in total. The molecule has 1 atom stereocenters. The van der Waals surface area contributed by atoms with Crippen LogP contribution in [0.2, 0.25) is 0 Å². The van der Waals surface area contributed by atoms with Crippen LogP contribution in [0.3, 0.4) is 0 Å². The van der Waals surface area contributed by atoms with Gasteiger partial charge in [0.2, 0.25) is 5.91 Å². The molecule has 0 unspecified atom stereocenters. The van der Waals surface area contributed by atoms with Crippen LogP contribution in [0.1, 0.15) is 30.6 Å². The summed E-state index contributed by atoms with van der Waals surface area (Å²) >= 11 is 6.69. The lowest BCUT2D eigenvalue weighted by atomic mass is 9.73. The van der Waals surface area contributed by atoms with Gasteiger partial charge < -0.3 is 25.3 Å². The van der Waals surface area contributed by atoms with Crippen molar-refractivity contribution in [3.8, 4) is 0 Å². The van der Waals surface area contributed by atoms with E-state index in [1.807, 2.05) is 6.07 Å². The van der Waals surface area contributed by atoms with E-state index in [1.54, 1.807) is 12.1 Å². The number of rotatable bonds is 7. The summed E-state index contributed by atoms with van der Waals surface area (Å²) in [7, 11) is -0.497. The average molecular weight is 519 g/mol. The number of hydrogen-bond donors (Lipinski definition) is 3. The Morgan fingerprint density at radius 2 is 1.89 bits per heavy atom. The van der Waals surface area contributed by atoms with E-state index in [0.717, 1.165) is 24.0 Å². The van der Waals surface area contributed by atoms with Crippen molar-refractivity contribution in [2.45, 2.75) is 26.2 Å². The molecule has 0 aromatic heterocycles. The molecule has 2 amide bonds. The number of carbonyl (C=O) groups excluding carboxylic acids is 2. The van der Waals surface area contributed by atoms with Crippen LogP contribution >= 0.6 is 31.9 Å². The first-order valence-electron chi connectivity index (χ1n) is 9.33. The standard InChI is InChI=1S/C18H26BBr2N3O4/c1-12(2)9-16(19-27-7-5-22-6-8-28-19)24-17(25)11-23-18(26)14-10-13(20)3-4-15(14)21/h3-4,10,12,16,22H,5-9,11H2,1-2H3,(H,23,26)(H,24,25)/t16-/m0/s1. The summed E-state index contributed by atoms with van der Waals surface area (Å²) in [4.78, 5) is 24.8. The highest BCUT2D eigenvalue weighted by molar-refractivity contribution is 9.11. The average Bonchev–Trinajstić information content (AvgIpc) is 2.60. The number of carbonyl (C=O) groups is 2. The zero-order valence-corrected chi connectivity index (χ0v) is 19.3. The molecule has 1 aromatic rings. The molecule has 0 radical (unpaired) electrons.